The van der Waals surface area contributed by atoms with Gasteiger partial charge in [0.15, 0.2) is 0 Å². The highest BCUT2D eigenvalue weighted by atomic mass is 32.2. The van der Waals surface area contributed by atoms with Crippen LogP contribution in [0.25, 0.3) is 10.9 Å². The van der Waals surface area contributed by atoms with E-state index in [0.29, 0.717) is 11.4 Å². The third-order valence-corrected chi connectivity index (χ3v) is 5.36. The quantitative estimate of drug-likeness (QED) is 0.709. The van der Waals surface area contributed by atoms with Crippen molar-refractivity contribution in [3.05, 3.63) is 41.9 Å². The summed E-state index contributed by atoms with van der Waals surface area (Å²) < 4.78 is 67.9. The lowest BCUT2D eigenvalue weighted by atomic mass is 10.1. The summed E-state index contributed by atoms with van der Waals surface area (Å²) in [6.45, 7) is 5.48. The van der Waals surface area contributed by atoms with Crippen molar-refractivity contribution < 1.29 is 21.6 Å². The summed E-state index contributed by atoms with van der Waals surface area (Å²) in [4.78, 5) is 2.46. The van der Waals surface area contributed by atoms with Gasteiger partial charge < -0.3 is 4.98 Å². The molecule has 140 valence electrons. The van der Waals surface area contributed by atoms with Gasteiger partial charge in [-0.3, -0.25) is 9.40 Å². The molecule has 1 aromatic carbocycles. The molecular weight excluding hydrogens is 369 g/mol. The van der Waals surface area contributed by atoms with Gasteiger partial charge in [0, 0.05) is 29.3 Å². The third-order valence-electron chi connectivity index (χ3n) is 3.95. The Bertz CT molecular complexity index is 1070. The summed E-state index contributed by atoms with van der Waals surface area (Å²) in [6.07, 6.45) is -1.75. The smallest absolute Gasteiger partial charge is 0.360 e. The van der Waals surface area contributed by atoms with Crippen LogP contribution in [0.4, 0.5) is 18.9 Å². The van der Waals surface area contributed by atoms with E-state index < -0.39 is 21.8 Å². The number of H-pyrrole nitrogens is 1. The number of aryl methyl sites for hydroxylation is 1. The number of sulfonamides is 1. The van der Waals surface area contributed by atoms with E-state index in [1.165, 1.54) is 6.20 Å². The number of nitrogens with zero attached hydrogens (tertiary/aromatic N) is 2. The molecule has 0 unspecified atom stereocenters. The summed E-state index contributed by atoms with van der Waals surface area (Å²) >= 11 is 0. The largest absolute Gasteiger partial charge is 0.416 e. The van der Waals surface area contributed by atoms with Crippen molar-refractivity contribution in [2.24, 2.45) is 0 Å². The van der Waals surface area contributed by atoms with Crippen molar-refractivity contribution in [1.82, 2.24) is 14.8 Å². The van der Waals surface area contributed by atoms with Gasteiger partial charge in [-0.25, -0.2) is 8.42 Å². The van der Waals surface area contributed by atoms with E-state index in [1.807, 2.05) is 13.8 Å². The summed E-state index contributed by atoms with van der Waals surface area (Å²) in [5.41, 5.74) is 0.0639. The highest BCUT2D eigenvalue weighted by Crippen LogP contribution is 2.33. The number of rotatable bonds is 4. The maximum Gasteiger partial charge on any atom is 0.416 e. The predicted octanol–water partition coefficient (Wildman–Crippen LogP) is 4.07. The second-order valence-corrected chi connectivity index (χ2v) is 7.87. The maximum atomic E-state index is 12.8. The first-order valence-corrected chi connectivity index (χ1v) is 9.24. The number of anilines is 1. The average molecular weight is 386 g/mol. The first kappa shape index (κ1) is 18.3. The third kappa shape index (κ3) is 3.28. The van der Waals surface area contributed by atoms with E-state index in [4.69, 9.17) is 0 Å². The second-order valence-electron chi connectivity index (χ2n) is 6.22. The van der Waals surface area contributed by atoms with Gasteiger partial charge in [0.05, 0.1) is 16.9 Å². The van der Waals surface area contributed by atoms with Gasteiger partial charge in [-0.2, -0.15) is 18.3 Å². The minimum atomic E-state index is -4.50. The van der Waals surface area contributed by atoms with Crippen LogP contribution in [0, 0.1) is 6.92 Å². The zero-order valence-corrected chi connectivity index (χ0v) is 15.0. The zero-order chi connectivity index (χ0) is 19.3. The number of aromatic nitrogens is 3. The van der Waals surface area contributed by atoms with Crippen molar-refractivity contribution in [3.63, 3.8) is 0 Å². The van der Waals surface area contributed by atoms with Gasteiger partial charge in [0.2, 0.25) is 0 Å². The summed E-state index contributed by atoms with van der Waals surface area (Å²) in [5, 5.41) is 4.41. The molecule has 0 fully saturated rings. The molecule has 3 aromatic rings. The maximum absolute atomic E-state index is 12.8. The molecular formula is C16H17F3N4O2S. The average Bonchev–Trinajstić information content (AvgIpc) is 3.10. The SMILES string of the molecule is Cc1nn(C(C)C)cc1NS(=O)(=O)c1c[nH]c2cc(C(F)(F)F)ccc12. The molecule has 0 radical (unpaired) electrons. The van der Waals surface area contributed by atoms with Gasteiger partial charge >= 0.3 is 6.18 Å². The highest BCUT2D eigenvalue weighted by Gasteiger charge is 2.31. The van der Waals surface area contributed by atoms with Gasteiger partial charge in [0.1, 0.15) is 4.90 Å². The fraction of sp³-hybridized carbons (Fsp3) is 0.312. The normalized spacial score (nSPS) is 12.9. The number of alkyl halides is 3. The zero-order valence-electron chi connectivity index (χ0n) is 14.2. The molecule has 0 saturated heterocycles. The Morgan fingerprint density at radius 3 is 2.54 bits per heavy atom. The molecule has 26 heavy (non-hydrogen) atoms. The predicted molar refractivity (Wildman–Crippen MR) is 91.5 cm³/mol. The van der Waals surface area contributed by atoms with Crippen molar-refractivity contribution in [2.75, 3.05) is 4.72 Å². The standard InChI is InChI=1S/C16H17F3N4O2S/c1-9(2)23-8-14(10(3)21-23)22-26(24,25)15-7-20-13-6-11(16(17,18)19)4-5-12(13)15/h4-9,20,22H,1-3H3. The van der Waals surface area contributed by atoms with E-state index >= 15 is 0 Å². The molecule has 0 atom stereocenters. The van der Waals surface area contributed by atoms with Crippen LogP contribution in [-0.2, 0) is 16.2 Å². The van der Waals surface area contributed by atoms with Gasteiger partial charge in [-0.1, -0.05) is 6.07 Å². The van der Waals surface area contributed by atoms with Crippen LogP contribution in [0.3, 0.4) is 0 Å². The van der Waals surface area contributed by atoms with Crippen LogP contribution in [0.15, 0.2) is 35.5 Å². The summed E-state index contributed by atoms with van der Waals surface area (Å²) in [7, 11) is -4.00. The molecule has 10 heteroatoms. The van der Waals surface area contributed by atoms with E-state index in [-0.39, 0.29) is 21.8 Å². The molecule has 3 rings (SSSR count). The van der Waals surface area contributed by atoms with Crippen LogP contribution in [0.2, 0.25) is 0 Å². The number of fused-ring (bicyclic) bond motifs is 1. The minimum absolute atomic E-state index is 0.0563. The Balaban J connectivity index is 2.00. The van der Waals surface area contributed by atoms with Crippen LogP contribution >= 0.6 is 0 Å². The highest BCUT2D eigenvalue weighted by molar-refractivity contribution is 7.93. The topological polar surface area (TPSA) is 79.8 Å². The number of halogens is 3. The molecule has 2 aromatic heterocycles. The monoisotopic (exact) mass is 386 g/mol. The Labute approximate surface area is 148 Å². The van der Waals surface area contributed by atoms with Gasteiger partial charge in [0.25, 0.3) is 10.0 Å². The molecule has 0 saturated carbocycles. The van der Waals surface area contributed by atoms with Crippen molar-refractivity contribution >= 4 is 26.6 Å². The van der Waals surface area contributed by atoms with E-state index in [2.05, 4.69) is 14.8 Å². The number of benzene rings is 1. The molecule has 6 nitrogen and oxygen atoms in total. The van der Waals surface area contributed by atoms with Crippen LogP contribution in [0.1, 0.15) is 31.1 Å². The summed E-state index contributed by atoms with van der Waals surface area (Å²) in [6, 6.07) is 2.95. The van der Waals surface area contributed by atoms with E-state index in [0.717, 1.165) is 18.2 Å². The van der Waals surface area contributed by atoms with Crippen molar-refractivity contribution in [1.29, 1.82) is 0 Å². The molecule has 0 spiro atoms. The molecule has 2 N–H and O–H groups in total. The van der Waals surface area contributed by atoms with E-state index in [1.54, 1.807) is 17.8 Å². The van der Waals surface area contributed by atoms with Crippen LogP contribution in [0.5, 0.6) is 0 Å². The lowest BCUT2D eigenvalue weighted by Crippen LogP contribution is -2.13. The number of hydrogen-bond donors (Lipinski definition) is 2. The first-order chi connectivity index (χ1) is 12.0. The van der Waals surface area contributed by atoms with Crippen molar-refractivity contribution in [2.45, 2.75) is 37.9 Å². The van der Waals surface area contributed by atoms with Crippen molar-refractivity contribution in [3.8, 4) is 0 Å². The Kier molecular flexibility index (Phi) is 4.26. The Hall–Kier alpha value is -2.49. The molecule has 0 bridgehead atoms. The van der Waals surface area contributed by atoms with E-state index in [9.17, 15) is 21.6 Å². The fourth-order valence-corrected chi connectivity index (χ4v) is 3.83. The first-order valence-electron chi connectivity index (χ1n) is 7.76. The lowest BCUT2D eigenvalue weighted by molar-refractivity contribution is -0.137. The Morgan fingerprint density at radius 2 is 1.96 bits per heavy atom. The number of nitrogens with one attached hydrogen (secondary N) is 2. The molecule has 0 aliphatic rings. The number of hydrogen-bond acceptors (Lipinski definition) is 3. The number of aromatic amines is 1. The lowest BCUT2D eigenvalue weighted by Gasteiger charge is -2.08. The molecule has 0 amide bonds. The summed E-state index contributed by atoms with van der Waals surface area (Å²) in [5.74, 6) is 0. The minimum Gasteiger partial charge on any atom is -0.360 e. The van der Waals surface area contributed by atoms with Crippen LogP contribution < -0.4 is 4.72 Å². The fourth-order valence-electron chi connectivity index (χ4n) is 2.54. The second kappa shape index (κ2) is 6.04. The molecule has 2 heterocycles. The van der Waals surface area contributed by atoms with Gasteiger partial charge in [-0.05, 0) is 32.9 Å². The van der Waals surface area contributed by atoms with Crippen LogP contribution in [-0.4, -0.2) is 23.2 Å². The molecule has 0 aliphatic heterocycles. The Morgan fingerprint density at radius 1 is 1.27 bits per heavy atom. The van der Waals surface area contributed by atoms with Gasteiger partial charge in [-0.15, -0.1) is 0 Å². The molecule has 0 aliphatic carbocycles.